The van der Waals surface area contributed by atoms with Crippen LogP contribution in [0.25, 0.3) is 5.82 Å². The maximum absolute atomic E-state index is 10.9. The summed E-state index contributed by atoms with van der Waals surface area (Å²) in [6, 6.07) is 7.84. The van der Waals surface area contributed by atoms with E-state index in [1.54, 1.807) is 12.5 Å². The molecule has 1 aliphatic carbocycles. The van der Waals surface area contributed by atoms with Crippen molar-refractivity contribution in [3.8, 4) is 5.82 Å². The molecule has 3 heterocycles. The van der Waals surface area contributed by atoms with Crippen LogP contribution >= 0.6 is 0 Å². The summed E-state index contributed by atoms with van der Waals surface area (Å²) in [6.07, 6.45) is 7.13. The topological polar surface area (TPSA) is 96.1 Å². The summed E-state index contributed by atoms with van der Waals surface area (Å²) in [5.74, 6) is 2.15. The van der Waals surface area contributed by atoms with E-state index in [-0.39, 0.29) is 6.10 Å². The molecule has 3 aromatic rings. The standard InChI is InChI=1S/C21H25N5O2/c1-14-5-8-22-18(9-14)24-19-10-15(2)11-20(25-19)26-12-17(23-13-26)21(28)6-3-16(27)4-7-21/h5,8-13,16,27-28H,3-4,6-7H2,1-2H3,(H,22,24,25)/t16-,21-. The van der Waals surface area contributed by atoms with Crippen molar-refractivity contribution >= 4 is 11.6 Å². The van der Waals surface area contributed by atoms with Gasteiger partial charge in [0, 0.05) is 12.4 Å². The summed E-state index contributed by atoms with van der Waals surface area (Å²) in [5, 5.41) is 23.9. The van der Waals surface area contributed by atoms with Crippen molar-refractivity contribution in [3.05, 3.63) is 59.8 Å². The normalized spacial score (nSPS) is 22.2. The fourth-order valence-corrected chi connectivity index (χ4v) is 3.61. The van der Waals surface area contributed by atoms with Gasteiger partial charge in [0.1, 0.15) is 29.4 Å². The van der Waals surface area contributed by atoms with Gasteiger partial charge in [-0.1, -0.05) is 0 Å². The number of imidazole rings is 1. The molecular weight excluding hydrogens is 354 g/mol. The van der Waals surface area contributed by atoms with Crippen molar-refractivity contribution in [3.63, 3.8) is 0 Å². The van der Waals surface area contributed by atoms with Gasteiger partial charge in [-0.05, 0) is 74.9 Å². The molecule has 3 N–H and O–H groups in total. The third-order valence-corrected chi connectivity index (χ3v) is 5.23. The number of aryl methyl sites for hydroxylation is 2. The van der Waals surface area contributed by atoms with Crippen molar-refractivity contribution in [1.82, 2.24) is 19.5 Å². The number of aliphatic hydroxyl groups is 2. The Labute approximate surface area is 164 Å². The minimum atomic E-state index is -0.985. The van der Waals surface area contributed by atoms with Crippen molar-refractivity contribution in [2.45, 2.75) is 51.2 Å². The molecule has 0 spiro atoms. The van der Waals surface area contributed by atoms with E-state index in [1.807, 2.05) is 48.9 Å². The minimum Gasteiger partial charge on any atom is -0.393 e. The highest BCUT2D eigenvalue weighted by Crippen LogP contribution is 2.36. The number of hydrogen-bond acceptors (Lipinski definition) is 6. The Morgan fingerprint density at radius 1 is 1.07 bits per heavy atom. The number of aliphatic hydroxyl groups excluding tert-OH is 1. The first-order valence-electron chi connectivity index (χ1n) is 9.55. The van der Waals surface area contributed by atoms with Crippen LogP contribution in [0.2, 0.25) is 0 Å². The summed E-state index contributed by atoms with van der Waals surface area (Å²) in [5.41, 5.74) is 1.81. The van der Waals surface area contributed by atoms with Crippen LogP contribution in [-0.4, -0.2) is 35.8 Å². The molecule has 1 fully saturated rings. The predicted molar refractivity (Wildman–Crippen MR) is 107 cm³/mol. The summed E-state index contributed by atoms with van der Waals surface area (Å²) < 4.78 is 1.82. The highest BCUT2D eigenvalue weighted by atomic mass is 16.3. The van der Waals surface area contributed by atoms with Crippen molar-refractivity contribution < 1.29 is 10.2 Å². The molecule has 0 radical (unpaired) electrons. The van der Waals surface area contributed by atoms with Crippen LogP contribution in [0, 0.1) is 13.8 Å². The third-order valence-electron chi connectivity index (χ3n) is 5.23. The zero-order valence-electron chi connectivity index (χ0n) is 16.1. The summed E-state index contributed by atoms with van der Waals surface area (Å²) in [6.45, 7) is 4.03. The van der Waals surface area contributed by atoms with Crippen LogP contribution in [0.3, 0.4) is 0 Å². The molecule has 0 aliphatic heterocycles. The number of anilines is 2. The van der Waals surface area contributed by atoms with E-state index >= 15 is 0 Å². The first kappa shape index (κ1) is 18.6. The van der Waals surface area contributed by atoms with Crippen LogP contribution < -0.4 is 5.32 Å². The van der Waals surface area contributed by atoms with Crippen molar-refractivity contribution in [2.75, 3.05) is 5.32 Å². The summed E-state index contributed by atoms with van der Waals surface area (Å²) in [4.78, 5) is 13.4. The van der Waals surface area contributed by atoms with E-state index in [9.17, 15) is 10.2 Å². The minimum absolute atomic E-state index is 0.329. The molecule has 0 atom stereocenters. The maximum Gasteiger partial charge on any atom is 0.140 e. The fourth-order valence-electron chi connectivity index (χ4n) is 3.61. The van der Waals surface area contributed by atoms with Crippen LogP contribution in [0.4, 0.5) is 11.6 Å². The Morgan fingerprint density at radius 3 is 2.57 bits per heavy atom. The van der Waals surface area contributed by atoms with Gasteiger partial charge in [0.05, 0.1) is 11.8 Å². The van der Waals surface area contributed by atoms with Crippen LogP contribution in [0.5, 0.6) is 0 Å². The maximum atomic E-state index is 10.9. The highest BCUT2D eigenvalue weighted by molar-refractivity contribution is 5.55. The lowest BCUT2D eigenvalue weighted by atomic mass is 9.81. The first-order chi connectivity index (χ1) is 13.4. The molecule has 7 heteroatoms. The monoisotopic (exact) mass is 379 g/mol. The van der Waals surface area contributed by atoms with Gasteiger partial charge >= 0.3 is 0 Å². The Balaban J connectivity index is 1.60. The smallest absolute Gasteiger partial charge is 0.140 e. The molecule has 3 aromatic heterocycles. The number of nitrogens with zero attached hydrogens (tertiary/aromatic N) is 4. The summed E-state index contributed by atoms with van der Waals surface area (Å²) >= 11 is 0. The molecule has 7 nitrogen and oxygen atoms in total. The lowest BCUT2D eigenvalue weighted by molar-refractivity contribution is -0.0389. The highest BCUT2D eigenvalue weighted by Gasteiger charge is 2.36. The summed E-state index contributed by atoms with van der Waals surface area (Å²) in [7, 11) is 0. The fraction of sp³-hybridized carbons (Fsp3) is 0.381. The molecule has 1 aliphatic rings. The van der Waals surface area contributed by atoms with E-state index in [1.165, 1.54) is 0 Å². The zero-order valence-corrected chi connectivity index (χ0v) is 16.1. The molecule has 4 rings (SSSR count). The molecule has 0 bridgehead atoms. The van der Waals surface area contributed by atoms with Crippen molar-refractivity contribution in [2.24, 2.45) is 0 Å². The Bertz CT molecular complexity index is 976. The predicted octanol–water partition coefficient (Wildman–Crippen LogP) is 3.15. The van der Waals surface area contributed by atoms with Gasteiger partial charge in [-0.2, -0.15) is 0 Å². The van der Waals surface area contributed by atoms with Gasteiger partial charge in [-0.3, -0.25) is 4.57 Å². The Hall–Kier alpha value is -2.77. The van der Waals surface area contributed by atoms with Gasteiger partial charge in [-0.15, -0.1) is 0 Å². The molecule has 28 heavy (non-hydrogen) atoms. The van der Waals surface area contributed by atoms with Crippen LogP contribution in [-0.2, 0) is 5.60 Å². The zero-order chi connectivity index (χ0) is 19.7. The van der Waals surface area contributed by atoms with Gasteiger partial charge < -0.3 is 15.5 Å². The van der Waals surface area contributed by atoms with Gasteiger partial charge in [0.15, 0.2) is 0 Å². The van der Waals surface area contributed by atoms with Gasteiger partial charge in [-0.25, -0.2) is 15.0 Å². The number of aromatic nitrogens is 4. The average Bonchev–Trinajstić information content (AvgIpc) is 3.15. The van der Waals surface area contributed by atoms with Gasteiger partial charge in [0.25, 0.3) is 0 Å². The van der Waals surface area contributed by atoms with Crippen molar-refractivity contribution in [1.29, 1.82) is 0 Å². The van der Waals surface area contributed by atoms with E-state index < -0.39 is 5.60 Å². The first-order valence-corrected chi connectivity index (χ1v) is 9.55. The number of pyridine rings is 2. The molecule has 0 saturated heterocycles. The van der Waals surface area contributed by atoms with Crippen LogP contribution in [0.15, 0.2) is 43.0 Å². The Morgan fingerprint density at radius 2 is 1.82 bits per heavy atom. The lowest BCUT2D eigenvalue weighted by Crippen LogP contribution is -2.33. The van der Waals surface area contributed by atoms with Gasteiger partial charge in [0.2, 0.25) is 0 Å². The lowest BCUT2D eigenvalue weighted by Gasteiger charge is -2.32. The van der Waals surface area contributed by atoms with E-state index in [0.717, 1.165) is 16.9 Å². The number of rotatable bonds is 4. The van der Waals surface area contributed by atoms with Crippen LogP contribution in [0.1, 0.15) is 42.5 Å². The second kappa shape index (κ2) is 7.33. The third kappa shape index (κ3) is 3.90. The molecule has 1 saturated carbocycles. The molecule has 0 unspecified atom stereocenters. The second-order valence-electron chi connectivity index (χ2n) is 7.66. The SMILES string of the molecule is Cc1ccnc(Nc2cc(C)cc(-n3cnc([C@]4(O)CC[C@H](O)CC4)c3)n2)c1. The largest absolute Gasteiger partial charge is 0.393 e. The molecule has 0 amide bonds. The van der Waals surface area contributed by atoms with E-state index in [0.29, 0.717) is 43.0 Å². The van der Waals surface area contributed by atoms with E-state index in [2.05, 4.69) is 20.3 Å². The molecular formula is C21H25N5O2. The van der Waals surface area contributed by atoms with E-state index in [4.69, 9.17) is 0 Å². The quantitative estimate of drug-likeness (QED) is 0.644. The molecule has 0 aromatic carbocycles. The average molecular weight is 379 g/mol. The Kier molecular flexibility index (Phi) is 4.87. The second-order valence-corrected chi connectivity index (χ2v) is 7.66. The number of hydrogen-bond donors (Lipinski definition) is 3. The molecule has 146 valence electrons. The number of nitrogens with one attached hydrogen (secondary N) is 1.